The van der Waals surface area contributed by atoms with Crippen LogP contribution in [-0.2, 0) is 14.8 Å². The molecule has 1 heterocycles. The zero-order chi connectivity index (χ0) is 18.6. The summed E-state index contributed by atoms with van der Waals surface area (Å²) >= 11 is 1.39. The van der Waals surface area contributed by atoms with Crippen LogP contribution in [0.3, 0.4) is 0 Å². The summed E-state index contributed by atoms with van der Waals surface area (Å²) in [6.45, 7) is 2.40. The summed E-state index contributed by atoms with van der Waals surface area (Å²) in [5, 5.41) is 2.63. The highest BCUT2D eigenvalue weighted by molar-refractivity contribution is 7.95. The molecule has 2 saturated carbocycles. The molecular formula is C17H32N4O3S2. The average Bonchev–Trinajstić information content (AvgIpc) is 3.10. The van der Waals surface area contributed by atoms with Crippen molar-refractivity contribution in [1.82, 2.24) is 19.5 Å². The maximum Gasteiger partial charge on any atom is 0.221 e. The highest BCUT2D eigenvalue weighted by atomic mass is 32.2. The van der Waals surface area contributed by atoms with Gasteiger partial charge in [-0.15, -0.1) is 0 Å². The molecule has 9 heteroatoms. The van der Waals surface area contributed by atoms with Gasteiger partial charge in [0.15, 0.2) is 0 Å². The van der Waals surface area contributed by atoms with Crippen LogP contribution in [0.25, 0.3) is 0 Å². The molecule has 1 amide bonds. The van der Waals surface area contributed by atoms with Crippen LogP contribution >= 0.6 is 12.1 Å². The van der Waals surface area contributed by atoms with Crippen molar-refractivity contribution in [2.45, 2.75) is 88.1 Å². The third-order valence-corrected chi connectivity index (χ3v) is 8.83. The van der Waals surface area contributed by atoms with Crippen molar-refractivity contribution in [2.75, 3.05) is 6.54 Å². The monoisotopic (exact) mass is 404 g/mol. The Morgan fingerprint density at radius 3 is 2.62 bits per heavy atom. The lowest BCUT2D eigenvalue weighted by Gasteiger charge is -2.32. The van der Waals surface area contributed by atoms with E-state index in [1.807, 2.05) is 0 Å². The van der Waals surface area contributed by atoms with E-state index in [0.29, 0.717) is 6.42 Å². The van der Waals surface area contributed by atoms with E-state index in [0.717, 1.165) is 31.6 Å². The van der Waals surface area contributed by atoms with Gasteiger partial charge >= 0.3 is 0 Å². The Kier molecular flexibility index (Phi) is 7.24. The Labute approximate surface area is 161 Å². The molecular weight excluding hydrogens is 372 g/mol. The van der Waals surface area contributed by atoms with Crippen LogP contribution < -0.4 is 19.5 Å². The first-order valence-electron chi connectivity index (χ1n) is 9.94. The van der Waals surface area contributed by atoms with Crippen molar-refractivity contribution in [3.8, 4) is 0 Å². The van der Waals surface area contributed by atoms with Gasteiger partial charge in [0.05, 0.1) is 11.3 Å². The lowest BCUT2D eigenvalue weighted by Crippen LogP contribution is -2.53. The van der Waals surface area contributed by atoms with Crippen LogP contribution in [0.15, 0.2) is 0 Å². The predicted octanol–water partition coefficient (Wildman–Crippen LogP) is 1.43. The van der Waals surface area contributed by atoms with Crippen molar-refractivity contribution >= 4 is 28.1 Å². The molecule has 0 aromatic rings. The van der Waals surface area contributed by atoms with Crippen molar-refractivity contribution < 1.29 is 13.2 Å². The summed E-state index contributed by atoms with van der Waals surface area (Å²) in [4.78, 5) is 12.1. The highest BCUT2D eigenvalue weighted by Gasteiger charge is 2.43. The van der Waals surface area contributed by atoms with Crippen LogP contribution in [-0.4, -0.2) is 44.2 Å². The smallest absolute Gasteiger partial charge is 0.221 e. The molecule has 3 aliphatic rings. The molecule has 0 bridgehead atoms. The number of sulfonamides is 1. The first-order chi connectivity index (χ1) is 12.5. The van der Waals surface area contributed by atoms with Crippen LogP contribution in [0, 0.1) is 5.92 Å². The van der Waals surface area contributed by atoms with Gasteiger partial charge in [-0.2, -0.15) is 0 Å². The second-order valence-corrected chi connectivity index (χ2v) is 10.5. The Bertz CT molecular complexity index is 579. The number of hydrogen-bond donors (Lipinski definition) is 4. The van der Waals surface area contributed by atoms with Gasteiger partial charge in [0.2, 0.25) is 15.9 Å². The standard InChI is InChI=1S/C17H32N4O3S2/c1-2-12-6-8-13(9-7-12)19-16(22)10-11-18-26(23,24)15-5-3-4-14-17(15)21-25-20-14/h12-15,17-18,20-21H,2-11H2,1H3,(H,19,22). The maximum absolute atomic E-state index is 12.6. The van der Waals surface area contributed by atoms with Crippen LogP contribution in [0.2, 0.25) is 0 Å². The topological polar surface area (TPSA) is 99.3 Å². The fourth-order valence-corrected chi connectivity index (χ4v) is 7.16. The second kappa shape index (κ2) is 9.23. The lowest BCUT2D eigenvalue weighted by atomic mass is 9.84. The van der Waals surface area contributed by atoms with Crippen molar-refractivity contribution in [2.24, 2.45) is 5.92 Å². The molecule has 4 N–H and O–H groups in total. The number of carbonyl (C=O) groups excluding carboxylic acids is 1. The summed E-state index contributed by atoms with van der Waals surface area (Å²) in [6, 6.07) is 0.400. The zero-order valence-electron chi connectivity index (χ0n) is 15.5. The minimum atomic E-state index is -3.42. The summed E-state index contributed by atoms with van der Waals surface area (Å²) < 4.78 is 34.4. The van der Waals surface area contributed by atoms with E-state index in [9.17, 15) is 13.2 Å². The molecule has 3 rings (SSSR count). The molecule has 3 unspecified atom stereocenters. The average molecular weight is 405 g/mol. The minimum Gasteiger partial charge on any atom is -0.353 e. The fourth-order valence-electron chi connectivity index (χ4n) is 4.40. The Balaban J connectivity index is 1.40. The van der Waals surface area contributed by atoms with E-state index in [2.05, 4.69) is 26.4 Å². The van der Waals surface area contributed by atoms with Gasteiger partial charge in [-0.05, 0) is 44.4 Å². The normalized spacial score (nSPS) is 35.0. The molecule has 7 nitrogen and oxygen atoms in total. The van der Waals surface area contributed by atoms with E-state index in [1.165, 1.54) is 31.4 Å². The van der Waals surface area contributed by atoms with Crippen LogP contribution in [0.1, 0.15) is 64.7 Å². The van der Waals surface area contributed by atoms with E-state index in [1.54, 1.807) is 0 Å². The molecule has 0 aromatic heterocycles. The maximum atomic E-state index is 12.6. The van der Waals surface area contributed by atoms with Gasteiger partial charge in [0.25, 0.3) is 0 Å². The number of fused-ring (bicyclic) bond motifs is 1. The summed E-state index contributed by atoms with van der Waals surface area (Å²) in [7, 11) is -3.42. The number of hydrogen-bond acceptors (Lipinski definition) is 6. The number of amides is 1. The summed E-state index contributed by atoms with van der Waals surface area (Å²) in [5.41, 5.74) is 0. The predicted molar refractivity (Wildman–Crippen MR) is 105 cm³/mol. The van der Waals surface area contributed by atoms with Gasteiger partial charge in [-0.3, -0.25) is 4.79 Å². The van der Waals surface area contributed by atoms with Gasteiger partial charge in [0, 0.05) is 37.2 Å². The van der Waals surface area contributed by atoms with Crippen molar-refractivity contribution in [3.05, 3.63) is 0 Å². The third-order valence-electron chi connectivity index (χ3n) is 6.09. The molecule has 0 aromatic carbocycles. The number of nitrogens with one attached hydrogen (secondary N) is 4. The number of rotatable bonds is 7. The van der Waals surface area contributed by atoms with Crippen LogP contribution in [0.5, 0.6) is 0 Å². The van der Waals surface area contributed by atoms with E-state index in [-0.39, 0.29) is 37.0 Å². The first-order valence-corrected chi connectivity index (χ1v) is 12.3. The minimum absolute atomic E-state index is 0.0506. The quantitative estimate of drug-likeness (QED) is 0.479. The molecule has 0 spiro atoms. The fraction of sp³-hybridized carbons (Fsp3) is 0.941. The third kappa shape index (κ3) is 5.13. The second-order valence-electron chi connectivity index (χ2n) is 7.82. The first kappa shape index (κ1) is 20.4. The lowest BCUT2D eigenvalue weighted by molar-refractivity contribution is -0.121. The molecule has 150 valence electrons. The zero-order valence-corrected chi connectivity index (χ0v) is 17.1. The Morgan fingerprint density at radius 2 is 1.88 bits per heavy atom. The molecule has 1 aliphatic heterocycles. The Morgan fingerprint density at radius 1 is 1.12 bits per heavy atom. The molecule has 2 aliphatic carbocycles. The van der Waals surface area contributed by atoms with Crippen molar-refractivity contribution in [3.63, 3.8) is 0 Å². The Hall–Kier alpha value is -0.350. The van der Waals surface area contributed by atoms with Gasteiger partial charge in [-0.1, -0.05) is 19.8 Å². The van der Waals surface area contributed by atoms with Crippen LogP contribution in [0.4, 0.5) is 0 Å². The number of carbonyl (C=O) groups is 1. The van der Waals surface area contributed by atoms with E-state index >= 15 is 0 Å². The van der Waals surface area contributed by atoms with E-state index < -0.39 is 15.3 Å². The molecule has 26 heavy (non-hydrogen) atoms. The molecule has 3 fully saturated rings. The SMILES string of the molecule is CCC1CCC(NC(=O)CCNS(=O)(=O)C2CCCC3NSNC32)CC1. The highest BCUT2D eigenvalue weighted by Crippen LogP contribution is 2.30. The molecule has 0 radical (unpaired) electrons. The van der Waals surface area contributed by atoms with Gasteiger partial charge in [0.1, 0.15) is 0 Å². The van der Waals surface area contributed by atoms with Gasteiger partial charge in [-0.25, -0.2) is 22.6 Å². The van der Waals surface area contributed by atoms with Gasteiger partial charge < -0.3 is 5.32 Å². The summed E-state index contributed by atoms with van der Waals surface area (Å²) in [6.07, 6.45) is 8.42. The van der Waals surface area contributed by atoms with E-state index in [4.69, 9.17) is 0 Å². The summed E-state index contributed by atoms with van der Waals surface area (Å²) in [5.74, 6) is 0.747. The van der Waals surface area contributed by atoms with Crippen molar-refractivity contribution in [1.29, 1.82) is 0 Å². The molecule has 1 saturated heterocycles. The molecule has 3 atom stereocenters. The largest absolute Gasteiger partial charge is 0.353 e.